The molecule has 0 aliphatic heterocycles. The number of benzene rings is 2. The molecule has 0 saturated heterocycles. The molecule has 5 nitrogen and oxygen atoms in total. The third-order valence-electron chi connectivity index (χ3n) is 7.07. The number of fused-ring (bicyclic) bond motifs is 2. The number of hydrogen-bond acceptors (Lipinski definition) is 5. The maximum Gasteiger partial charge on any atom is 0.341 e. The molecule has 0 fully saturated rings. The highest BCUT2D eigenvalue weighted by atomic mass is 32.1. The Morgan fingerprint density at radius 2 is 1.89 bits per heavy atom. The first-order valence-corrected chi connectivity index (χ1v) is 14.3. The van der Waals surface area contributed by atoms with Crippen LogP contribution in [0.15, 0.2) is 54.6 Å². The summed E-state index contributed by atoms with van der Waals surface area (Å²) in [5.74, 6) is 0.522. The largest absolute Gasteiger partial charge is 0.462 e. The van der Waals surface area contributed by atoms with Crippen LogP contribution in [0.5, 0.6) is 0 Å². The second kappa shape index (κ2) is 11.1. The van der Waals surface area contributed by atoms with Gasteiger partial charge in [-0.2, -0.15) is 0 Å². The summed E-state index contributed by atoms with van der Waals surface area (Å²) in [6.07, 6.45) is 3.78. The van der Waals surface area contributed by atoms with Gasteiger partial charge in [0, 0.05) is 15.8 Å². The fourth-order valence-electron chi connectivity index (χ4n) is 5.22. The SMILES string of the molecule is CCOC(=O)c1c(NC(=O)c2cc(-c3ccc(CC(C)C)cc3)nc3ccccc23)sc2c1CC[C@@H](C)C2. The zero-order chi connectivity index (χ0) is 26.8. The van der Waals surface area contributed by atoms with Gasteiger partial charge < -0.3 is 10.1 Å². The number of rotatable bonds is 7. The van der Waals surface area contributed by atoms with Crippen molar-refractivity contribution in [2.24, 2.45) is 11.8 Å². The van der Waals surface area contributed by atoms with Gasteiger partial charge in [0.15, 0.2) is 0 Å². The lowest BCUT2D eigenvalue weighted by atomic mass is 9.88. The van der Waals surface area contributed by atoms with E-state index in [1.165, 1.54) is 21.8 Å². The van der Waals surface area contributed by atoms with Gasteiger partial charge in [-0.1, -0.05) is 63.2 Å². The highest BCUT2D eigenvalue weighted by Gasteiger charge is 2.29. The van der Waals surface area contributed by atoms with Crippen molar-refractivity contribution in [3.05, 3.63) is 81.7 Å². The number of carbonyl (C=O) groups is 2. The van der Waals surface area contributed by atoms with Crippen molar-refractivity contribution in [1.82, 2.24) is 4.98 Å². The van der Waals surface area contributed by atoms with Crippen molar-refractivity contribution in [1.29, 1.82) is 0 Å². The lowest BCUT2D eigenvalue weighted by molar-refractivity contribution is 0.0526. The minimum absolute atomic E-state index is 0.251. The molecule has 0 saturated carbocycles. The summed E-state index contributed by atoms with van der Waals surface area (Å²) in [6.45, 7) is 8.74. The summed E-state index contributed by atoms with van der Waals surface area (Å²) < 4.78 is 5.39. The first-order chi connectivity index (χ1) is 18.3. The van der Waals surface area contributed by atoms with E-state index in [0.29, 0.717) is 34.6 Å². The van der Waals surface area contributed by atoms with Gasteiger partial charge in [-0.3, -0.25) is 4.79 Å². The molecule has 1 aliphatic rings. The predicted molar refractivity (Wildman–Crippen MR) is 155 cm³/mol. The van der Waals surface area contributed by atoms with Crippen LogP contribution in [0.25, 0.3) is 22.2 Å². The molecule has 2 heterocycles. The topological polar surface area (TPSA) is 68.3 Å². The molecule has 5 rings (SSSR count). The average molecular weight is 527 g/mol. The van der Waals surface area contributed by atoms with Crippen LogP contribution in [0.4, 0.5) is 5.00 Å². The van der Waals surface area contributed by atoms with E-state index in [9.17, 15) is 9.59 Å². The summed E-state index contributed by atoms with van der Waals surface area (Å²) in [5.41, 5.74) is 5.83. The van der Waals surface area contributed by atoms with Crippen LogP contribution in [0.1, 0.15) is 70.8 Å². The molecule has 6 heteroatoms. The van der Waals surface area contributed by atoms with Crippen molar-refractivity contribution in [2.75, 3.05) is 11.9 Å². The lowest BCUT2D eigenvalue weighted by Crippen LogP contribution is -2.17. The molecule has 38 heavy (non-hydrogen) atoms. The third kappa shape index (κ3) is 5.37. The number of carbonyl (C=O) groups excluding carboxylic acids is 2. The van der Waals surface area contributed by atoms with Crippen molar-refractivity contribution in [3.8, 4) is 11.3 Å². The van der Waals surface area contributed by atoms with E-state index in [0.717, 1.165) is 53.4 Å². The van der Waals surface area contributed by atoms with Crippen LogP contribution >= 0.6 is 11.3 Å². The number of aromatic nitrogens is 1. The highest BCUT2D eigenvalue weighted by molar-refractivity contribution is 7.17. The van der Waals surface area contributed by atoms with E-state index in [4.69, 9.17) is 9.72 Å². The minimum atomic E-state index is -0.364. The normalized spacial score (nSPS) is 14.9. The maximum absolute atomic E-state index is 13.8. The number of anilines is 1. The Morgan fingerprint density at radius 3 is 2.63 bits per heavy atom. The Hall–Kier alpha value is -3.51. The Bertz CT molecular complexity index is 1490. The monoisotopic (exact) mass is 526 g/mol. The van der Waals surface area contributed by atoms with Gasteiger partial charge in [-0.25, -0.2) is 9.78 Å². The minimum Gasteiger partial charge on any atom is -0.462 e. The molecule has 2 aromatic carbocycles. The van der Waals surface area contributed by atoms with Gasteiger partial charge in [0.25, 0.3) is 5.91 Å². The number of esters is 1. The Labute approximate surface area is 228 Å². The Morgan fingerprint density at radius 1 is 1.13 bits per heavy atom. The lowest BCUT2D eigenvalue weighted by Gasteiger charge is -2.18. The summed E-state index contributed by atoms with van der Waals surface area (Å²) in [5, 5.41) is 4.44. The van der Waals surface area contributed by atoms with Crippen molar-refractivity contribution in [3.63, 3.8) is 0 Å². The van der Waals surface area contributed by atoms with Crippen molar-refractivity contribution in [2.45, 2.75) is 53.4 Å². The number of hydrogen-bond donors (Lipinski definition) is 1. The van der Waals surface area contributed by atoms with Crippen LogP contribution < -0.4 is 5.32 Å². The molecular weight excluding hydrogens is 492 g/mol. The summed E-state index contributed by atoms with van der Waals surface area (Å²) in [7, 11) is 0. The number of pyridine rings is 1. The second-order valence-corrected chi connectivity index (χ2v) is 11.7. The summed E-state index contributed by atoms with van der Waals surface area (Å²) >= 11 is 1.51. The number of thiophene rings is 1. The first-order valence-electron chi connectivity index (χ1n) is 13.5. The standard InChI is InChI=1S/C32H34N2O3S/c1-5-37-32(36)29-24-15-10-20(4)17-28(24)38-31(29)34-30(35)25-18-27(33-26-9-7-6-8-23(25)26)22-13-11-21(12-14-22)16-19(2)3/h6-9,11-14,18-20H,5,10,15-17H2,1-4H3,(H,34,35)/t20-/m1/s1. The molecule has 196 valence electrons. The van der Waals surface area contributed by atoms with Crippen molar-refractivity contribution >= 4 is 39.1 Å². The van der Waals surface area contributed by atoms with E-state index in [1.807, 2.05) is 30.3 Å². The zero-order valence-electron chi connectivity index (χ0n) is 22.5. The smallest absolute Gasteiger partial charge is 0.341 e. The number of nitrogens with one attached hydrogen (secondary N) is 1. The van der Waals surface area contributed by atoms with Crippen LogP contribution in [0, 0.1) is 11.8 Å². The van der Waals surface area contributed by atoms with Crippen LogP contribution in [0.3, 0.4) is 0 Å². The van der Waals surface area contributed by atoms with E-state index in [2.05, 4.69) is 50.4 Å². The maximum atomic E-state index is 13.8. The van der Waals surface area contributed by atoms with Gasteiger partial charge in [0.1, 0.15) is 5.00 Å². The molecular formula is C32H34N2O3S. The fraction of sp³-hybridized carbons (Fsp3) is 0.344. The van der Waals surface area contributed by atoms with Crippen LogP contribution in [0.2, 0.25) is 0 Å². The molecule has 0 spiro atoms. The van der Waals surface area contributed by atoms with Crippen LogP contribution in [-0.4, -0.2) is 23.5 Å². The van der Waals surface area contributed by atoms with E-state index >= 15 is 0 Å². The molecule has 2 aromatic heterocycles. The fourth-order valence-corrected chi connectivity index (χ4v) is 6.62. The van der Waals surface area contributed by atoms with Gasteiger partial charge >= 0.3 is 5.97 Å². The molecule has 1 atom stereocenters. The molecule has 4 aromatic rings. The molecule has 0 bridgehead atoms. The number of amides is 1. The molecule has 1 aliphatic carbocycles. The van der Waals surface area contributed by atoms with E-state index < -0.39 is 0 Å². The van der Waals surface area contributed by atoms with Crippen LogP contribution in [-0.2, 0) is 24.0 Å². The van der Waals surface area contributed by atoms with E-state index in [1.54, 1.807) is 6.92 Å². The second-order valence-electron chi connectivity index (χ2n) is 10.6. The number of para-hydroxylation sites is 1. The highest BCUT2D eigenvalue weighted by Crippen LogP contribution is 2.40. The predicted octanol–water partition coefficient (Wildman–Crippen LogP) is 7.72. The summed E-state index contributed by atoms with van der Waals surface area (Å²) in [4.78, 5) is 32.8. The summed E-state index contributed by atoms with van der Waals surface area (Å²) in [6, 6.07) is 18.0. The zero-order valence-corrected chi connectivity index (χ0v) is 23.3. The number of ether oxygens (including phenoxy) is 1. The molecule has 1 amide bonds. The number of nitrogens with zero attached hydrogens (tertiary/aromatic N) is 1. The first kappa shape index (κ1) is 26.1. The average Bonchev–Trinajstić information content (AvgIpc) is 3.25. The Kier molecular flexibility index (Phi) is 7.61. The molecule has 0 unspecified atom stereocenters. The van der Waals surface area contributed by atoms with Gasteiger partial charge in [-0.05, 0) is 67.7 Å². The van der Waals surface area contributed by atoms with Gasteiger partial charge in [0.05, 0.1) is 28.9 Å². The molecule has 0 radical (unpaired) electrons. The van der Waals surface area contributed by atoms with Gasteiger partial charge in [0.2, 0.25) is 0 Å². The Balaban J connectivity index is 1.53. The van der Waals surface area contributed by atoms with Crippen molar-refractivity contribution < 1.29 is 14.3 Å². The van der Waals surface area contributed by atoms with Gasteiger partial charge in [-0.15, -0.1) is 11.3 Å². The quantitative estimate of drug-likeness (QED) is 0.250. The molecule has 1 N–H and O–H groups in total. The van der Waals surface area contributed by atoms with E-state index in [-0.39, 0.29) is 11.9 Å². The third-order valence-corrected chi connectivity index (χ3v) is 8.24.